The van der Waals surface area contributed by atoms with Crippen LogP contribution in [-0.2, 0) is 86.6 Å². The maximum atomic E-state index is 6.23. The minimum absolute atomic E-state index is 0. The van der Waals surface area contributed by atoms with E-state index in [0.29, 0.717) is 218 Å². The number of benzene rings is 2. The molecule has 2 heterocycles. The Bertz CT molecular complexity index is 2200. The fourth-order valence-corrected chi connectivity index (χ4v) is 9.04. The van der Waals surface area contributed by atoms with E-state index in [-0.39, 0.29) is 29.8 Å². The van der Waals surface area contributed by atoms with E-state index in [1.54, 1.807) is 14.2 Å². The molecule has 20 nitrogen and oxygen atoms in total. The van der Waals surface area contributed by atoms with Crippen molar-refractivity contribution in [1.29, 1.82) is 0 Å². The van der Waals surface area contributed by atoms with Crippen molar-refractivity contribution < 1.29 is 102 Å². The summed E-state index contributed by atoms with van der Waals surface area (Å²) in [4.78, 5) is 2.35. The number of methoxy groups -OCH3 is 2. The summed E-state index contributed by atoms with van der Waals surface area (Å²) in [6.45, 7) is 28.0. The summed E-state index contributed by atoms with van der Waals surface area (Å²) in [5.41, 5.74) is 6.13. The van der Waals surface area contributed by atoms with Gasteiger partial charge in [0.25, 0.3) is 0 Å². The molecule has 4 rings (SSSR count). The van der Waals surface area contributed by atoms with E-state index in [9.17, 15) is 0 Å². The quantitative estimate of drug-likeness (QED) is 0.0405. The lowest BCUT2D eigenvalue weighted by Crippen LogP contribution is -3.00. The van der Waals surface area contributed by atoms with Crippen LogP contribution in [0.25, 0.3) is 0 Å². The number of halogens is 1. The van der Waals surface area contributed by atoms with Gasteiger partial charge in [0, 0.05) is 61.9 Å². The number of nitrogens with zero attached hydrogens (tertiary/aromatic N) is 2. The van der Waals surface area contributed by atoms with Gasteiger partial charge in [-0.05, 0) is 62.7 Å². The highest BCUT2D eigenvalue weighted by molar-refractivity contribution is 6.03. The molecule has 0 radical (unpaired) electrons. The molecule has 85 heavy (non-hydrogen) atoms. The molecule has 0 amide bonds. The van der Waals surface area contributed by atoms with Crippen molar-refractivity contribution in [3.63, 3.8) is 0 Å². The van der Waals surface area contributed by atoms with E-state index in [2.05, 4.69) is 97.7 Å². The van der Waals surface area contributed by atoms with Crippen LogP contribution in [0.5, 0.6) is 11.5 Å². The Labute approximate surface area is 513 Å². The summed E-state index contributed by atoms with van der Waals surface area (Å²) in [5, 5.41) is 0. The highest BCUT2D eigenvalue weighted by atomic mass is 35.5. The normalized spacial score (nSPS) is 14.7. The highest BCUT2D eigenvalue weighted by Crippen LogP contribution is 2.49. The maximum Gasteiger partial charge on any atom is 0.210 e. The largest absolute Gasteiger partial charge is 1.00 e. The standard InChI is InChI=1S/C64H101N2O18.ClH/c1-9-22-70-31-34-76-43-44-80-46-48-82-50-52-84-56-17-19-60-58(54-56)64(5,6)62(66(60)21-24-72-33-36-78-42-41-75-30-29-69-10-2)15-13-11-12-14-61-63(3,4)57-53-55(83-51-49-81-47-45-79-40-38-74-28-26-68-8)16-18-59(57)65(61)20-23-71-32-35-77-39-37-73-27-25-67-7;/h1,11-19,53-54H,10,20-52H2,2-8H3;1H/q+1;/p-1. The van der Waals surface area contributed by atoms with Gasteiger partial charge in [-0.1, -0.05) is 38.0 Å². The van der Waals surface area contributed by atoms with Crippen molar-refractivity contribution in [3.8, 4) is 23.8 Å². The Kier molecular flexibility index (Phi) is 42.4. The number of hydrogen-bond acceptors (Lipinski definition) is 19. The zero-order valence-corrected chi connectivity index (χ0v) is 52.8. The summed E-state index contributed by atoms with van der Waals surface area (Å²) in [6.07, 6.45) is 15.9. The van der Waals surface area contributed by atoms with Crippen LogP contribution < -0.4 is 26.8 Å². The van der Waals surface area contributed by atoms with E-state index in [1.165, 1.54) is 5.56 Å². The number of hydrogen-bond donors (Lipinski definition) is 0. The van der Waals surface area contributed by atoms with Crippen LogP contribution in [0, 0.1) is 12.3 Å². The SMILES string of the molecule is C#CCOCCOCCOCCOCCOc1ccc2c(c1)C(C)(C)\C(=C/C=C/C=C/C1=[N+](CCOCCOCCOCCOC)c3ccc(OCCOCCOCCOCCOC)cc3C1(C)C)N2CCOCCOCCOCCOCC.[Cl-]. The molecule has 0 unspecified atom stereocenters. The van der Waals surface area contributed by atoms with E-state index >= 15 is 0 Å². The van der Waals surface area contributed by atoms with Gasteiger partial charge < -0.3 is 103 Å². The van der Waals surface area contributed by atoms with Crippen LogP contribution in [-0.4, -0.2) is 249 Å². The smallest absolute Gasteiger partial charge is 0.210 e. The zero-order valence-electron chi connectivity index (χ0n) is 52.1. The van der Waals surface area contributed by atoms with Gasteiger partial charge in [-0.3, -0.25) is 0 Å². The number of ether oxygens (including phenoxy) is 18. The second kappa shape index (κ2) is 47.9. The molecule has 2 aromatic carbocycles. The molecular formula is C64H101ClN2O18. The fraction of sp³-hybridized carbons (Fsp3) is 0.672. The minimum atomic E-state index is -0.357. The van der Waals surface area contributed by atoms with E-state index in [0.717, 1.165) is 39.8 Å². The summed E-state index contributed by atoms with van der Waals surface area (Å²) in [6, 6.07) is 12.6. The Balaban J connectivity index is 0.0000189. The van der Waals surface area contributed by atoms with Gasteiger partial charge >= 0.3 is 0 Å². The molecule has 0 saturated heterocycles. The van der Waals surface area contributed by atoms with Crippen LogP contribution >= 0.6 is 0 Å². The molecule has 2 aliphatic heterocycles. The Hall–Kier alpha value is -4.06. The Morgan fingerprint density at radius 3 is 1.34 bits per heavy atom. The first kappa shape index (κ1) is 75.2. The molecule has 0 aliphatic carbocycles. The molecule has 0 bridgehead atoms. The van der Waals surface area contributed by atoms with Crippen LogP contribution in [0.15, 0.2) is 72.5 Å². The van der Waals surface area contributed by atoms with Crippen molar-refractivity contribution in [2.24, 2.45) is 0 Å². The first-order chi connectivity index (χ1) is 41.2. The first-order valence-electron chi connectivity index (χ1n) is 29.7. The van der Waals surface area contributed by atoms with Crippen molar-refractivity contribution in [3.05, 3.63) is 83.6 Å². The second-order valence-corrected chi connectivity index (χ2v) is 20.1. The lowest BCUT2D eigenvalue weighted by molar-refractivity contribution is -0.442. The van der Waals surface area contributed by atoms with Gasteiger partial charge in [-0.15, -0.1) is 6.42 Å². The molecule has 0 fully saturated rings. The van der Waals surface area contributed by atoms with Gasteiger partial charge in [-0.2, -0.15) is 4.58 Å². The van der Waals surface area contributed by atoms with Crippen LogP contribution in [0.4, 0.5) is 11.4 Å². The number of fused-ring (bicyclic) bond motifs is 2. The molecule has 0 atom stereocenters. The lowest BCUT2D eigenvalue weighted by atomic mass is 9.81. The van der Waals surface area contributed by atoms with Gasteiger partial charge in [-0.25, -0.2) is 0 Å². The summed E-state index contributed by atoms with van der Waals surface area (Å²) in [7, 11) is 3.31. The van der Waals surface area contributed by atoms with Crippen molar-refractivity contribution in [1.82, 2.24) is 0 Å². The predicted octanol–water partition coefficient (Wildman–Crippen LogP) is 3.80. The average molecular weight is 1220 g/mol. The molecule has 0 spiro atoms. The van der Waals surface area contributed by atoms with Gasteiger partial charge in [0.05, 0.1) is 184 Å². The second-order valence-electron chi connectivity index (χ2n) is 20.1. The number of terminal acetylenes is 1. The summed E-state index contributed by atoms with van der Waals surface area (Å²) >= 11 is 0. The third-order valence-corrected chi connectivity index (χ3v) is 13.3. The number of allylic oxidation sites excluding steroid dienone is 6. The molecule has 2 aliphatic rings. The van der Waals surface area contributed by atoms with Crippen LogP contribution in [0.1, 0.15) is 45.7 Å². The fourth-order valence-electron chi connectivity index (χ4n) is 9.04. The molecular weight excluding hydrogens is 1120 g/mol. The third-order valence-electron chi connectivity index (χ3n) is 13.3. The van der Waals surface area contributed by atoms with Gasteiger partial charge in [0.15, 0.2) is 12.3 Å². The lowest BCUT2D eigenvalue weighted by Gasteiger charge is -2.27. The summed E-state index contributed by atoms with van der Waals surface area (Å²) < 4.78 is 104. The predicted molar refractivity (Wildman–Crippen MR) is 323 cm³/mol. The van der Waals surface area contributed by atoms with Gasteiger partial charge in [0.1, 0.15) is 37.9 Å². The number of anilines is 1. The monoisotopic (exact) mass is 1220 g/mol. The Morgan fingerprint density at radius 1 is 0.459 bits per heavy atom. The van der Waals surface area contributed by atoms with Crippen molar-refractivity contribution >= 4 is 17.1 Å². The average Bonchev–Trinajstić information content (AvgIpc) is 1.75. The third kappa shape index (κ3) is 30.1. The highest BCUT2D eigenvalue weighted by Gasteiger charge is 2.45. The zero-order chi connectivity index (χ0) is 60.0. The topological polar surface area (TPSA) is 172 Å². The van der Waals surface area contributed by atoms with Crippen LogP contribution in [0.2, 0.25) is 0 Å². The molecule has 482 valence electrons. The molecule has 0 aromatic heterocycles. The molecule has 0 saturated carbocycles. The Morgan fingerprint density at radius 2 is 0.871 bits per heavy atom. The minimum Gasteiger partial charge on any atom is -1.00 e. The molecule has 0 N–H and O–H groups in total. The first-order valence-corrected chi connectivity index (χ1v) is 29.7. The number of rotatable bonds is 55. The van der Waals surface area contributed by atoms with Crippen molar-refractivity contribution in [2.45, 2.75) is 45.4 Å². The molecule has 21 heteroatoms. The van der Waals surface area contributed by atoms with Crippen LogP contribution in [0.3, 0.4) is 0 Å². The molecule has 2 aromatic rings. The van der Waals surface area contributed by atoms with Gasteiger partial charge in [0.2, 0.25) is 5.69 Å². The van der Waals surface area contributed by atoms with E-state index < -0.39 is 0 Å². The van der Waals surface area contributed by atoms with Crippen molar-refractivity contribution in [2.75, 3.05) is 244 Å². The summed E-state index contributed by atoms with van der Waals surface area (Å²) in [5.74, 6) is 4.00. The maximum absolute atomic E-state index is 6.23. The van der Waals surface area contributed by atoms with E-state index in [4.69, 9.17) is 91.7 Å². The van der Waals surface area contributed by atoms with E-state index in [1.807, 2.05) is 19.1 Å².